The lowest BCUT2D eigenvalue weighted by atomic mass is 9.95. The molecule has 1 saturated carbocycles. The fourth-order valence-corrected chi connectivity index (χ4v) is 4.20. The van der Waals surface area contributed by atoms with Crippen LogP contribution in [0.1, 0.15) is 65.2 Å². The summed E-state index contributed by atoms with van der Waals surface area (Å²) in [7, 11) is 0. The second-order valence-corrected chi connectivity index (χ2v) is 6.53. The number of aliphatic carboxylic acids is 1. The minimum absolute atomic E-state index is 0.144. The molecule has 2 fully saturated rings. The Balaban J connectivity index is 1.90. The van der Waals surface area contributed by atoms with Gasteiger partial charge in [0.05, 0.1) is 5.92 Å². The van der Waals surface area contributed by atoms with Crippen molar-refractivity contribution in [3.05, 3.63) is 0 Å². The van der Waals surface area contributed by atoms with Gasteiger partial charge in [0, 0.05) is 12.1 Å². The van der Waals surface area contributed by atoms with Crippen LogP contribution in [0.3, 0.4) is 0 Å². The van der Waals surface area contributed by atoms with E-state index in [2.05, 4.69) is 18.7 Å². The van der Waals surface area contributed by atoms with Crippen molar-refractivity contribution < 1.29 is 9.90 Å². The van der Waals surface area contributed by atoms with Crippen molar-refractivity contribution in [1.29, 1.82) is 0 Å². The zero-order valence-electron chi connectivity index (χ0n) is 12.5. The topological polar surface area (TPSA) is 40.5 Å². The van der Waals surface area contributed by atoms with Crippen molar-refractivity contribution in [2.75, 3.05) is 6.54 Å². The van der Waals surface area contributed by atoms with Crippen molar-refractivity contribution in [2.24, 2.45) is 11.8 Å². The van der Waals surface area contributed by atoms with Crippen LogP contribution in [-0.2, 0) is 4.79 Å². The van der Waals surface area contributed by atoms with Gasteiger partial charge < -0.3 is 5.11 Å². The van der Waals surface area contributed by atoms with Crippen molar-refractivity contribution in [2.45, 2.75) is 77.3 Å². The highest BCUT2D eigenvalue weighted by Gasteiger charge is 2.39. The average Bonchev–Trinajstić information content (AvgIpc) is 2.60. The first-order valence-corrected chi connectivity index (χ1v) is 8.12. The van der Waals surface area contributed by atoms with Crippen LogP contribution in [0.25, 0.3) is 0 Å². The molecular weight excluding hydrogens is 238 g/mol. The Hall–Kier alpha value is -0.570. The van der Waals surface area contributed by atoms with E-state index in [9.17, 15) is 9.90 Å². The minimum atomic E-state index is -0.604. The lowest BCUT2D eigenvalue weighted by Crippen LogP contribution is -2.40. The molecule has 1 N–H and O–H groups in total. The zero-order valence-corrected chi connectivity index (χ0v) is 12.5. The van der Waals surface area contributed by atoms with Gasteiger partial charge in [-0.2, -0.15) is 0 Å². The van der Waals surface area contributed by atoms with Crippen LogP contribution in [0.4, 0.5) is 0 Å². The molecule has 3 heteroatoms. The molecule has 2 aliphatic rings. The monoisotopic (exact) mass is 267 g/mol. The second-order valence-electron chi connectivity index (χ2n) is 6.53. The molecule has 0 radical (unpaired) electrons. The van der Waals surface area contributed by atoms with Crippen LogP contribution < -0.4 is 0 Å². The number of rotatable bonds is 4. The summed E-state index contributed by atoms with van der Waals surface area (Å²) in [6.45, 7) is 5.38. The van der Waals surface area contributed by atoms with E-state index in [4.69, 9.17) is 0 Å². The Labute approximate surface area is 117 Å². The normalized spacial score (nSPS) is 37.2. The first kappa shape index (κ1) is 14.8. The Morgan fingerprint density at radius 2 is 2.00 bits per heavy atom. The van der Waals surface area contributed by atoms with E-state index < -0.39 is 5.97 Å². The molecule has 1 aliphatic carbocycles. The highest BCUT2D eigenvalue weighted by atomic mass is 16.4. The minimum Gasteiger partial charge on any atom is -0.481 e. The summed E-state index contributed by atoms with van der Waals surface area (Å²) in [6.07, 6.45) is 10.1. The van der Waals surface area contributed by atoms with Gasteiger partial charge in [0.25, 0.3) is 0 Å². The van der Waals surface area contributed by atoms with E-state index >= 15 is 0 Å². The number of carboxylic acid groups (broad SMARTS) is 1. The first-order valence-electron chi connectivity index (χ1n) is 8.12. The number of carbonyl (C=O) groups is 1. The number of nitrogens with zero attached hydrogens (tertiary/aromatic N) is 1. The van der Waals surface area contributed by atoms with Gasteiger partial charge in [-0.05, 0) is 45.1 Å². The molecule has 0 amide bonds. The Morgan fingerprint density at radius 3 is 2.63 bits per heavy atom. The lowest BCUT2D eigenvalue weighted by molar-refractivity contribution is -0.142. The smallest absolute Gasteiger partial charge is 0.308 e. The molecule has 1 saturated heterocycles. The summed E-state index contributed by atoms with van der Waals surface area (Å²) in [4.78, 5) is 13.7. The molecule has 1 heterocycles. The maximum atomic E-state index is 11.2. The summed E-state index contributed by atoms with van der Waals surface area (Å²) in [6, 6.07) is 0.867. The summed E-state index contributed by atoms with van der Waals surface area (Å²) in [5.74, 6) is 0.172. The molecule has 1 aliphatic heterocycles. The summed E-state index contributed by atoms with van der Waals surface area (Å²) in [5.41, 5.74) is 0. The van der Waals surface area contributed by atoms with E-state index in [1.54, 1.807) is 0 Å². The SMILES string of the molecule is CCCC1CCCC(N2CCC(C(=O)O)C2C)CC1. The number of likely N-dealkylation sites (tertiary alicyclic amines) is 1. The van der Waals surface area contributed by atoms with Crippen molar-refractivity contribution in [3.63, 3.8) is 0 Å². The molecule has 3 nitrogen and oxygen atoms in total. The molecule has 0 bridgehead atoms. The Kier molecular flexibility index (Phi) is 5.26. The van der Waals surface area contributed by atoms with Gasteiger partial charge in [-0.25, -0.2) is 0 Å². The zero-order chi connectivity index (χ0) is 13.8. The quantitative estimate of drug-likeness (QED) is 0.792. The van der Waals surface area contributed by atoms with Gasteiger partial charge in [-0.15, -0.1) is 0 Å². The molecule has 0 aromatic rings. The van der Waals surface area contributed by atoms with Crippen LogP contribution in [0.5, 0.6) is 0 Å². The summed E-state index contributed by atoms with van der Waals surface area (Å²) in [5, 5.41) is 9.24. The molecule has 110 valence electrons. The largest absolute Gasteiger partial charge is 0.481 e. The lowest BCUT2D eigenvalue weighted by Gasteiger charge is -2.31. The average molecular weight is 267 g/mol. The number of hydrogen-bond donors (Lipinski definition) is 1. The van der Waals surface area contributed by atoms with Crippen LogP contribution in [0, 0.1) is 11.8 Å². The molecule has 0 aromatic heterocycles. The summed E-state index contributed by atoms with van der Waals surface area (Å²) >= 11 is 0. The highest BCUT2D eigenvalue weighted by Crippen LogP contribution is 2.34. The third-order valence-electron chi connectivity index (χ3n) is 5.34. The maximum Gasteiger partial charge on any atom is 0.308 e. The van der Waals surface area contributed by atoms with E-state index in [1.165, 1.54) is 44.9 Å². The van der Waals surface area contributed by atoms with Gasteiger partial charge in [0.2, 0.25) is 0 Å². The fourth-order valence-electron chi connectivity index (χ4n) is 4.20. The van der Waals surface area contributed by atoms with Gasteiger partial charge in [-0.3, -0.25) is 9.69 Å². The van der Waals surface area contributed by atoms with Crippen LogP contribution in [0.15, 0.2) is 0 Å². The third-order valence-corrected chi connectivity index (χ3v) is 5.34. The van der Waals surface area contributed by atoms with Crippen LogP contribution in [0.2, 0.25) is 0 Å². The molecule has 2 rings (SSSR count). The Morgan fingerprint density at radius 1 is 1.21 bits per heavy atom. The van der Waals surface area contributed by atoms with Gasteiger partial charge in [0.1, 0.15) is 0 Å². The standard InChI is InChI=1S/C16H29NO2/c1-3-5-13-6-4-7-14(9-8-13)17-11-10-15(12(17)2)16(18)19/h12-15H,3-11H2,1-2H3,(H,18,19). The van der Waals surface area contributed by atoms with Crippen molar-refractivity contribution >= 4 is 5.97 Å². The molecule has 19 heavy (non-hydrogen) atoms. The van der Waals surface area contributed by atoms with Gasteiger partial charge in [-0.1, -0.05) is 32.6 Å². The van der Waals surface area contributed by atoms with Crippen LogP contribution in [-0.4, -0.2) is 34.6 Å². The maximum absolute atomic E-state index is 11.2. The third kappa shape index (κ3) is 3.50. The first-order chi connectivity index (χ1) is 9.13. The van der Waals surface area contributed by atoms with Crippen LogP contribution >= 0.6 is 0 Å². The molecule has 4 atom stereocenters. The van der Waals surface area contributed by atoms with Gasteiger partial charge >= 0.3 is 5.97 Å². The van der Waals surface area contributed by atoms with Crippen molar-refractivity contribution in [3.8, 4) is 0 Å². The van der Waals surface area contributed by atoms with E-state index in [0.29, 0.717) is 6.04 Å². The fraction of sp³-hybridized carbons (Fsp3) is 0.938. The predicted molar refractivity (Wildman–Crippen MR) is 77.2 cm³/mol. The van der Waals surface area contributed by atoms with E-state index in [1.807, 2.05) is 0 Å². The summed E-state index contributed by atoms with van der Waals surface area (Å²) < 4.78 is 0. The molecular formula is C16H29NO2. The molecule has 4 unspecified atom stereocenters. The molecule has 0 aromatic carbocycles. The van der Waals surface area contributed by atoms with Crippen molar-refractivity contribution in [1.82, 2.24) is 4.90 Å². The molecule has 0 spiro atoms. The number of carboxylic acids is 1. The second kappa shape index (κ2) is 6.74. The van der Waals surface area contributed by atoms with E-state index in [-0.39, 0.29) is 12.0 Å². The van der Waals surface area contributed by atoms with Gasteiger partial charge in [0.15, 0.2) is 0 Å². The number of hydrogen-bond acceptors (Lipinski definition) is 2. The predicted octanol–water partition coefficient (Wildman–Crippen LogP) is 3.53. The van der Waals surface area contributed by atoms with E-state index in [0.717, 1.165) is 18.9 Å². The Bertz CT molecular complexity index is 305. The highest BCUT2D eigenvalue weighted by molar-refractivity contribution is 5.71.